The Hall–Kier alpha value is 0.610. The molecule has 0 spiro atoms. The molecule has 0 aliphatic rings. The fourth-order valence-electron chi connectivity index (χ4n) is 0. The summed E-state index contributed by atoms with van der Waals surface area (Å²) in [4.78, 5) is 41.3. The quantitative estimate of drug-likeness (QED) is 0.339. The van der Waals surface area contributed by atoms with E-state index in [-0.39, 0.29) is 26.2 Å². The van der Waals surface area contributed by atoms with Crippen molar-refractivity contribution < 1.29 is 59.5 Å². The summed E-state index contributed by atoms with van der Waals surface area (Å²) in [7, 11) is -8.77. The molecule has 0 saturated carbocycles. The Labute approximate surface area is 76.6 Å². The Morgan fingerprint density at radius 3 is 1.30 bits per heavy atom. The molecule has 0 amide bonds. The smallest absolute Gasteiger partial charge is 0.790 e. The molecule has 0 aromatic rings. The van der Waals surface area contributed by atoms with Crippen LogP contribution in [0.4, 0.5) is 0 Å². The SMILES string of the molecule is O=P([O-])([O-])O.O=[Si]([O-])[O-].[Zr+4]. The third-order valence-corrected chi connectivity index (χ3v) is 0. The summed E-state index contributed by atoms with van der Waals surface area (Å²) in [6.45, 7) is 0. The average molecular weight is 263 g/mol. The maximum atomic E-state index is 8.66. The molecular weight excluding hydrogens is 262 g/mol. The molecule has 56 valence electrons. The zero-order chi connectivity index (χ0) is 8.08. The largest absolute Gasteiger partial charge is 4.00 e. The second-order valence-electron chi connectivity index (χ2n) is 0.719. The minimum atomic E-state index is -5.14. The van der Waals surface area contributed by atoms with E-state index in [1.165, 1.54) is 0 Å². The van der Waals surface area contributed by atoms with E-state index >= 15 is 0 Å². The fourth-order valence-corrected chi connectivity index (χ4v) is 0. The molecular formula is HO7PSiZr. The molecule has 0 rings (SSSR count). The molecule has 0 radical (unpaired) electrons. The molecule has 10 heavy (non-hydrogen) atoms. The number of hydrogen-bond donors (Lipinski definition) is 1. The van der Waals surface area contributed by atoms with Crippen LogP contribution < -0.4 is 19.4 Å². The zero-order valence-electron chi connectivity index (χ0n) is 4.34. The van der Waals surface area contributed by atoms with Gasteiger partial charge < -0.3 is 33.3 Å². The Morgan fingerprint density at radius 2 is 1.30 bits per heavy atom. The summed E-state index contributed by atoms with van der Waals surface area (Å²) in [5.74, 6) is 0. The van der Waals surface area contributed by atoms with Crippen molar-refractivity contribution in [3.8, 4) is 0 Å². The van der Waals surface area contributed by atoms with Crippen LogP contribution in [0.3, 0.4) is 0 Å². The molecule has 0 aliphatic carbocycles. The van der Waals surface area contributed by atoms with Gasteiger partial charge in [0, 0.05) is 9.17 Å². The van der Waals surface area contributed by atoms with Gasteiger partial charge in [-0.3, -0.25) is 0 Å². The van der Waals surface area contributed by atoms with E-state index in [2.05, 4.69) is 0 Å². The summed E-state index contributed by atoms with van der Waals surface area (Å²) in [6, 6.07) is 0. The van der Waals surface area contributed by atoms with E-state index in [0.717, 1.165) is 0 Å². The van der Waals surface area contributed by atoms with Gasteiger partial charge in [0.15, 0.2) is 0 Å². The maximum absolute atomic E-state index is 8.66. The van der Waals surface area contributed by atoms with Crippen LogP contribution in [0.2, 0.25) is 0 Å². The Kier molecular flexibility index (Phi) is 13.1. The van der Waals surface area contributed by atoms with Crippen LogP contribution in [0, 0.1) is 0 Å². The topological polar surface area (TPSA) is 147 Å². The molecule has 0 atom stereocenters. The summed E-state index contributed by atoms with van der Waals surface area (Å²) in [5, 5.41) is 0. The van der Waals surface area contributed by atoms with E-state index in [9.17, 15) is 0 Å². The van der Waals surface area contributed by atoms with Crippen molar-refractivity contribution >= 4 is 17.0 Å². The molecule has 0 aromatic heterocycles. The second-order valence-corrected chi connectivity index (χ2v) is 2.16. The third-order valence-electron chi connectivity index (χ3n) is 0. The maximum Gasteiger partial charge on any atom is 4.00 e. The van der Waals surface area contributed by atoms with Gasteiger partial charge in [0.25, 0.3) is 0 Å². The van der Waals surface area contributed by atoms with Gasteiger partial charge in [-0.2, -0.15) is 0 Å². The van der Waals surface area contributed by atoms with Crippen LogP contribution in [0.1, 0.15) is 0 Å². The fraction of sp³-hybridized carbons (Fsp3) is 0. The van der Waals surface area contributed by atoms with E-state index in [1.54, 1.807) is 0 Å². The summed E-state index contributed by atoms with van der Waals surface area (Å²) in [5.41, 5.74) is 0. The van der Waals surface area contributed by atoms with Crippen molar-refractivity contribution in [2.45, 2.75) is 0 Å². The molecule has 0 heterocycles. The van der Waals surface area contributed by atoms with Gasteiger partial charge >= 0.3 is 26.2 Å². The monoisotopic (exact) mass is 262 g/mol. The molecule has 10 heteroatoms. The van der Waals surface area contributed by atoms with Crippen molar-refractivity contribution in [2.24, 2.45) is 0 Å². The number of hydrogen-bond acceptors (Lipinski definition) is 6. The minimum absolute atomic E-state index is 0. The molecule has 0 bridgehead atoms. The average Bonchev–Trinajstić information content (AvgIpc) is 1.19. The first-order valence-corrected chi connectivity index (χ1v) is 4.08. The van der Waals surface area contributed by atoms with Gasteiger partial charge in [-0.05, 0) is 0 Å². The second kappa shape index (κ2) is 7.71. The molecule has 7 nitrogen and oxygen atoms in total. The van der Waals surface area contributed by atoms with Crippen LogP contribution in [0.15, 0.2) is 0 Å². The van der Waals surface area contributed by atoms with Crippen molar-refractivity contribution in [1.29, 1.82) is 0 Å². The summed E-state index contributed by atoms with van der Waals surface area (Å²) < 4.78 is 17.2. The summed E-state index contributed by atoms with van der Waals surface area (Å²) >= 11 is 0. The Morgan fingerprint density at radius 1 is 1.30 bits per heavy atom. The van der Waals surface area contributed by atoms with Gasteiger partial charge in [-0.25, -0.2) is 0 Å². The van der Waals surface area contributed by atoms with E-state index in [1.807, 2.05) is 0 Å². The predicted octanol–water partition coefficient (Wildman–Crippen LogP) is -5.07. The number of phosphoric acid groups is 1. The van der Waals surface area contributed by atoms with Crippen LogP contribution >= 0.6 is 7.82 Å². The van der Waals surface area contributed by atoms with Gasteiger partial charge in [0.1, 0.15) is 0 Å². The molecule has 1 N–H and O–H groups in total. The van der Waals surface area contributed by atoms with E-state index < -0.39 is 17.0 Å². The molecule has 0 saturated heterocycles. The van der Waals surface area contributed by atoms with E-state index in [0.29, 0.717) is 0 Å². The zero-order valence-corrected chi connectivity index (χ0v) is 8.70. The van der Waals surface area contributed by atoms with Crippen LogP contribution in [0.25, 0.3) is 0 Å². The minimum Gasteiger partial charge on any atom is -0.790 e. The first-order valence-electron chi connectivity index (χ1n) is 1.36. The van der Waals surface area contributed by atoms with Gasteiger partial charge in [0.2, 0.25) is 0 Å². The van der Waals surface area contributed by atoms with Crippen molar-refractivity contribution in [3.05, 3.63) is 0 Å². The molecule has 0 aliphatic heterocycles. The molecule has 0 unspecified atom stereocenters. The van der Waals surface area contributed by atoms with Crippen molar-refractivity contribution in [3.63, 3.8) is 0 Å². The molecule has 0 aromatic carbocycles. The van der Waals surface area contributed by atoms with Gasteiger partial charge in [0.05, 0.1) is 7.82 Å². The van der Waals surface area contributed by atoms with Crippen LogP contribution in [-0.2, 0) is 35.2 Å². The van der Waals surface area contributed by atoms with Crippen LogP contribution in [0.5, 0.6) is 0 Å². The molecule has 0 fully saturated rings. The van der Waals surface area contributed by atoms with Gasteiger partial charge in [-0.15, -0.1) is 0 Å². The first-order chi connectivity index (χ1) is 3.73. The summed E-state index contributed by atoms with van der Waals surface area (Å²) in [6.07, 6.45) is 0. The Balaban J connectivity index is -0.0000000910. The Bertz CT molecular complexity index is 113. The van der Waals surface area contributed by atoms with Crippen molar-refractivity contribution in [2.75, 3.05) is 0 Å². The first kappa shape index (κ1) is 16.9. The number of rotatable bonds is 0. The van der Waals surface area contributed by atoms with Crippen LogP contribution in [-0.4, -0.2) is 14.1 Å². The van der Waals surface area contributed by atoms with E-state index in [4.69, 9.17) is 33.3 Å². The van der Waals surface area contributed by atoms with Gasteiger partial charge in [-0.1, -0.05) is 0 Å². The standard InChI is InChI=1S/H3O4P.O3Si.Zr/c1-5(2,3)4;1-4(2)3;/h(H3,1,2,3,4);;/q;-2;+4/p-2. The van der Waals surface area contributed by atoms with Crippen molar-refractivity contribution in [1.82, 2.24) is 0 Å². The normalized spacial score (nSPS) is 8.30. The predicted molar refractivity (Wildman–Crippen MR) is 16.3 cm³/mol. The third kappa shape index (κ3) is 1340.